The Labute approximate surface area is 120 Å². The summed E-state index contributed by atoms with van der Waals surface area (Å²) in [6, 6.07) is 0.457. The second-order valence-electron chi connectivity index (χ2n) is 6.71. The highest BCUT2D eigenvalue weighted by atomic mass is 19.4. The molecule has 0 aliphatic heterocycles. The first-order chi connectivity index (χ1) is 9.18. The van der Waals surface area contributed by atoms with Gasteiger partial charge in [0.2, 0.25) is 0 Å². The molecule has 0 heterocycles. The topological polar surface area (TPSA) is 29.3 Å². The van der Waals surface area contributed by atoms with E-state index in [1.807, 2.05) is 14.0 Å². The highest BCUT2D eigenvalue weighted by molar-refractivity contribution is 4.91. The minimum Gasteiger partial charge on any atom is -0.329 e. The lowest BCUT2D eigenvalue weighted by atomic mass is 9.83. The molecule has 0 saturated heterocycles. The number of alkyl halides is 3. The molecule has 20 heavy (non-hydrogen) atoms. The van der Waals surface area contributed by atoms with E-state index in [1.165, 1.54) is 12.8 Å². The SMILES string of the molecule is CC1CCCC(N(C)C(C)(CN)CCCC(F)(F)F)C1. The van der Waals surface area contributed by atoms with Crippen LogP contribution in [-0.2, 0) is 0 Å². The molecule has 0 radical (unpaired) electrons. The van der Waals surface area contributed by atoms with Crippen molar-refractivity contribution in [2.75, 3.05) is 13.6 Å². The number of hydrogen-bond acceptors (Lipinski definition) is 2. The quantitative estimate of drug-likeness (QED) is 0.804. The third-order valence-corrected chi connectivity index (χ3v) is 4.92. The van der Waals surface area contributed by atoms with Crippen LogP contribution in [0.4, 0.5) is 13.2 Å². The minimum absolute atomic E-state index is 0.157. The first kappa shape index (κ1) is 17.8. The van der Waals surface area contributed by atoms with Gasteiger partial charge in [0, 0.05) is 24.5 Å². The van der Waals surface area contributed by atoms with E-state index in [2.05, 4.69) is 11.8 Å². The molecule has 1 rings (SSSR count). The molecule has 0 spiro atoms. The first-order valence-corrected chi connectivity index (χ1v) is 7.68. The van der Waals surface area contributed by atoms with Gasteiger partial charge in [0.05, 0.1) is 0 Å². The lowest BCUT2D eigenvalue weighted by molar-refractivity contribution is -0.137. The highest BCUT2D eigenvalue weighted by Gasteiger charge is 2.35. The Kier molecular flexibility index (Phi) is 6.32. The maximum absolute atomic E-state index is 12.3. The summed E-state index contributed by atoms with van der Waals surface area (Å²) < 4.78 is 36.9. The standard InChI is InChI=1S/C15H29F3N2/c1-12-6-4-7-13(10-12)20(3)14(2,11-19)8-5-9-15(16,17)18/h12-13H,4-11,19H2,1-3H3. The van der Waals surface area contributed by atoms with Crippen molar-refractivity contribution in [1.82, 2.24) is 4.90 Å². The molecule has 1 aliphatic rings. The van der Waals surface area contributed by atoms with Crippen molar-refractivity contribution < 1.29 is 13.2 Å². The van der Waals surface area contributed by atoms with Crippen LogP contribution in [0.2, 0.25) is 0 Å². The molecule has 2 N–H and O–H groups in total. The summed E-state index contributed by atoms with van der Waals surface area (Å²) in [5.41, 5.74) is 5.55. The molecule has 3 atom stereocenters. The molecule has 0 amide bonds. The van der Waals surface area contributed by atoms with Crippen LogP contribution in [0, 0.1) is 5.92 Å². The van der Waals surface area contributed by atoms with Crippen LogP contribution in [0.25, 0.3) is 0 Å². The average molecular weight is 294 g/mol. The summed E-state index contributed by atoms with van der Waals surface area (Å²) >= 11 is 0. The number of nitrogens with two attached hydrogens (primary N) is 1. The van der Waals surface area contributed by atoms with Gasteiger partial charge in [0.25, 0.3) is 0 Å². The van der Waals surface area contributed by atoms with E-state index in [9.17, 15) is 13.2 Å². The van der Waals surface area contributed by atoms with Crippen LogP contribution >= 0.6 is 0 Å². The fourth-order valence-corrected chi connectivity index (χ4v) is 3.29. The molecular weight excluding hydrogens is 265 g/mol. The Hall–Kier alpha value is -0.290. The van der Waals surface area contributed by atoms with Gasteiger partial charge in [-0.1, -0.05) is 19.8 Å². The van der Waals surface area contributed by atoms with Crippen LogP contribution in [0.1, 0.15) is 58.8 Å². The van der Waals surface area contributed by atoms with Gasteiger partial charge < -0.3 is 5.73 Å². The monoisotopic (exact) mass is 294 g/mol. The second kappa shape index (κ2) is 7.12. The summed E-state index contributed by atoms with van der Waals surface area (Å²) in [6.07, 6.45) is 0.622. The fraction of sp³-hybridized carbons (Fsp3) is 1.00. The Morgan fingerprint density at radius 2 is 1.85 bits per heavy atom. The van der Waals surface area contributed by atoms with Gasteiger partial charge >= 0.3 is 6.18 Å². The summed E-state index contributed by atoms with van der Waals surface area (Å²) in [4.78, 5) is 2.25. The van der Waals surface area contributed by atoms with E-state index in [4.69, 9.17) is 5.73 Å². The zero-order valence-electron chi connectivity index (χ0n) is 13.0. The van der Waals surface area contributed by atoms with Crippen molar-refractivity contribution in [3.05, 3.63) is 0 Å². The van der Waals surface area contributed by atoms with Crippen molar-refractivity contribution >= 4 is 0 Å². The van der Waals surface area contributed by atoms with Gasteiger partial charge in [-0.05, 0) is 45.6 Å². The van der Waals surface area contributed by atoms with Crippen molar-refractivity contribution in [3.8, 4) is 0 Å². The van der Waals surface area contributed by atoms with E-state index in [1.54, 1.807) is 0 Å². The van der Waals surface area contributed by atoms with Gasteiger partial charge in [-0.2, -0.15) is 13.2 Å². The number of nitrogens with zero attached hydrogens (tertiary/aromatic N) is 1. The molecule has 2 nitrogen and oxygen atoms in total. The van der Waals surface area contributed by atoms with E-state index in [0.29, 0.717) is 24.9 Å². The number of hydrogen-bond donors (Lipinski definition) is 1. The third-order valence-electron chi connectivity index (χ3n) is 4.92. The second-order valence-corrected chi connectivity index (χ2v) is 6.71. The number of halogens is 3. The summed E-state index contributed by atoms with van der Waals surface area (Å²) in [5.74, 6) is 0.702. The van der Waals surface area contributed by atoms with Crippen molar-refractivity contribution in [2.45, 2.75) is 76.6 Å². The minimum atomic E-state index is -4.06. The van der Waals surface area contributed by atoms with Crippen molar-refractivity contribution in [1.29, 1.82) is 0 Å². The van der Waals surface area contributed by atoms with Crippen LogP contribution in [0.5, 0.6) is 0 Å². The predicted molar refractivity (Wildman–Crippen MR) is 76.5 cm³/mol. The summed E-state index contributed by atoms with van der Waals surface area (Å²) in [7, 11) is 2.03. The maximum Gasteiger partial charge on any atom is 0.389 e. The largest absolute Gasteiger partial charge is 0.389 e. The zero-order valence-corrected chi connectivity index (χ0v) is 13.0. The molecule has 1 aliphatic carbocycles. The van der Waals surface area contributed by atoms with Crippen LogP contribution < -0.4 is 5.73 Å². The molecule has 0 aromatic heterocycles. The van der Waals surface area contributed by atoms with Gasteiger partial charge in [0.15, 0.2) is 0 Å². The molecule has 0 bridgehead atoms. The Morgan fingerprint density at radius 1 is 1.20 bits per heavy atom. The molecule has 3 unspecified atom stereocenters. The Balaban J connectivity index is 2.57. The van der Waals surface area contributed by atoms with Crippen LogP contribution in [0.3, 0.4) is 0 Å². The van der Waals surface area contributed by atoms with Crippen LogP contribution in [0.15, 0.2) is 0 Å². The highest BCUT2D eigenvalue weighted by Crippen LogP contribution is 2.33. The van der Waals surface area contributed by atoms with Crippen molar-refractivity contribution in [3.63, 3.8) is 0 Å². The lowest BCUT2D eigenvalue weighted by Gasteiger charge is -2.45. The number of rotatable bonds is 6. The Bertz CT molecular complexity index is 293. The molecular formula is C15H29F3N2. The molecule has 5 heteroatoms. The maximum atomic E-state index is 12.3. The smallest absolute Gasteiger partial charge is 0.329 e. The van der Waals surface area contributed by atoms with Crippen molar-refractivity contribution in [2.24, 2.45) is 11.7 Å². The molecule has 1 saturated carbocycles. The Morgan fingerprint density at radius 3 is 2.35 bits per heavy atom. The molecule has 0 aromatic carbocycles. The molecule has 1 fully saturated rings. The predicted octanol–water partition coefficient (Wildman–Crippen LogP) is 3.95. The molecule has 0 aromatic rings. The fourth-order valence-electron chi connectivity index (χ4n) is 3.29. The van der Waals surface area contributed by atoms with Gasteiger partial charge in [-0.15, -0.1) is 0 Å². The zero-order chi connectivity index (χ0) is 15.4. The van der Waals surface area contributed by atoms with E-state index < -0.39 is 12.6 Å². The van der Waals surface area contributed by atoms with Gasteiger partial charge in [-0.25, -0.2) is 0 Å². The van der Waals surface area contributed by atoms with Gasteiger partial charge in [-0.3, -0.25) is 4.90 Å². The van der Waals surface area contributed by atoms with E-state index in [0.717, 1.165) is 12.8 Å². The molecule has 120 valence electrons. The summed E-state index contributed by atoms with van der Waals surface area (Å²) in [6.45, 7) is 4.67. The first-order valence-electron chi connectivity index (χ1n) is 7.68. The summed E-state index contributed by atoms with van der Waals surface area (Å²) in [5, 5.41) is 0. The van der Waals surface area contributed by atoms with E-state index in [-0.39, 0.29) is 12.0 Å². The lowest BCUT2D eigenvalue weighted by Crippen LogP contribution is -2.54. The van der Waals surface area contributed by atoms with Crippen LogP contribution in [-0.4, -0.2) is 36.2 Å². The third kappa shape index (κ3) is 5.24. The average Bonchev–Trinajstić information content (AvgIpc) is 2.36. The van der Waals surface area contributed by atoms with Gasteiger partial charge in [0.1, 0.15) is 0 Å². The normalized spacial score (nSPS) is 27.6. The van der Waals surface area contributed by atoms with E-state index >= 15 is 0 Å². The number of likely N-dealkylation sites (N-methyl/N-ethyl adjacent to an activating group) is 1.